The summed E-state index contributed by atoms with van der Waals surface area (Å²) in [6.45, 7) is 1.17. The fourth-order valence-electron chi connectivity index (χ4n) is 1.26. The normalized spacial score (nSPS) is 12.6. The zero-order valence-electron chi connectivity index (χ0n) is 9.48. The molecule has 8 heteroatoms. The summed E-state index contributed by atoms with van der Waals surface area (Å²) >= 11 is 1.02. The summed E-state index contributed by atoms with van der Waals surface area (Å²) in [6, 6.07) is 1.46. The lowest BCUT2D eigenvalue weighted by Gasteiger charge is -2.14. The van der Waals surface area contributed by atoms with Gasteiger partial charge < -0.3 is 5.73 Å². The molecular weight excluding hydrogens is 270 g/mol. The Hall–Kier alpha value is -0.570. The van der Waals surface area contributed by atoms with Crippen molar-refractivity contribution in [2.24, 2.45) is 5.73 Å². The molecule has 0 aromatic carbocycles. The molecule has 1 aromatic heterocycles. The molecule has 1 rings (SSSR count). The monoisotopic (exact) mass is 284 g/mol. The van der Waals surface area contributed by atoms with Crippen molar-refractivity contribution in [1.82, 2.24) is 4.31 Å². The highest BCUT2D eigenvalue weighted by Gasteiger charge is 2.25. The largest absolute Gasteiger partial charge is 0.326 e. The molecule has 0 amide bonds. The highest BCUT2D eigenvalue weighted by molar-refractivity contribution is 7.91. The Morgan fingerprint density at radius 2 is 2.12 bits per heavy atom. The quantitative estimate of drug-likeness (QED) is 0.889. The van der Waals surface area contributed by atoms with Crippen LogP contribution >= 0.6 is 11.3 Å². The highest BCUT2D eigenvalue weighted by Crippen LogP contribution is 2.27. The average molecular weight is 284 g/mol. The van der Waals surface area contributed by atoms with E-state index in [9.17, 15) is 17.2 Å². The van der Waals surface area contributed by atoms with Crippen molar-refractivity contribution >= 4 is 21.4 Å². The molecule has 0 saturated carbocycles. The second kappa shape index (κ2) is 5.38. The Bertz CT molecular complexity index is 485. The Morgan fingerprint density at radius 3 is 2.53 bits per heavy atom. The number of hydrogen-bond donors (Lipinski definition) is 1. The fourth-order valence-corrected chi connectivity index (χ4v) is 4.09. The van der Waals surface area contributed by atoms with E-state index in [4.69, 9.17) is 5.73 Å². The van der Waals surface area contributed by atoms with Gasteiger partial charge in [-0.15, -0.1) is 11.3 Å². The lowest BCUT2D eigenvalue weighted by molar-refractivity contribution is 0.126. The lowest BCUT2D eigenvalue weighted by atomic mass is 10.3. The molecule has 0 saturated heterocycles. The molecule has 17 heavy (non-hydrogen) atoms. The average Bonchev–Trinajstić information content (AvgIpc) is 2.59. The van der Waals surface area contributed by atoms with Crippen LogP contribution in [0.15, 0.2) is 10.3 Å². The lowest BCUT2D eigenvalue weighted by Crippen LogP contribution is -2.30. The number of alkyl halides is 2. The maximum atomic E-state index is 12.2. The molecule has 0 aliphatic heterocycles. The summed E-state index contributed by atoms with van der Waals surface area (Å²) in [5.41, 5.74) is 6.21. The van der Waals surface area contributed by atoms with Gasteiger partial charge in [-0.1, -0.05) is 0 Å². The maximum Gasteiger partial charge on any atom is 0.252 e. The number of nitrogens with two attached hydrogens (primary N) is 1. The van der Waals surface area contributed by atoms with Crippen LogP contribution in [0.4, 0.5) is 8.78 Å². The second-order valence-corrected chi connectivity index (χ2v) is 6.96. The summed E-state index contributed by atoms with van der Waals surface area (Å²) in [6.07, 6.45) is -2.69. The van der Waals surface area contributed by atoms with Crippen LogP contribution in [0.3, 0.4) is 0 Å². The Labute approximate surface area is 103 Å². The minimum Gasteiger partial charge on any atom is -0.326 e. The van der Waals surface area contributed by atoms with Gasteiger partial charge in [0.05, 0.1) is 6.54 Å². The predicted octanol–water partition coefficient (Wildman–Crippen LogP) is 1.40. The predicted molar refractivity (Wildman–Crippen MR) is 62.8 cm³/mol. The standard InChI is InChI=1S/C9H14F2N2O2S2/c1-6-3-9(16-7(6)4-12)17(14,15)13(2)5-8(10)11/h3,8H,4-5,12H2,1-2H3. The molecule has 0 fully saturated rings. The van der Waals surface area contributed by atoms with Crippen LogP contribution in [0.2, 0.25) is 0 Å². The third-order valence-corrected chi connectivity index (χ3v) is 5.78. The minimum absolute atomic E-state index is 0.0543. The number of nitrogens with zero attached hydrogens (tertiary/aromatic N) is 1. The first kappa shape index (κ1) is 14.5. The summed E-state index contributed by atoms with van der Waals surface area (Å²) in [5, 5.41) is 0. The maximum absolute atomic E-state index is 12.2. The van der Waals surface area contributed by atoms with Crippen LogP contribution in [-0.2, 0) is 16.6 Å². The van der Waals surface area contributed by atoms with Crippen LogP contribution in [0, 0.1) is 6.92 Å². The van der Waals surface area contributed by atoms with E-state index in [1.165, 1.54) is 6.07 Å². The number of halogens is 2. The fraction of sp³-hybridized carbons (Fsp3) is 0.556. The van der Waals surface area contributed by atoms with Gasteiger partial charge >= 0.3 is 0 Å². The van der Waals surface area contributed by atoms with Gasteiger partial charge in [0.1, 0.15) is 4.21 Å². The topological polar surface area (TPSA) is 63.4 Å². The van der Waals surface area contributed by atoms with E-state index in [0.717, 1.165) is 28.8 Å². The van der Waals surface area contributed by atoms with E-state index < -0.39 is 23.0 Å². The van der Waals surface area contributed by atoms with Gasteiger partial charge in [0, 0.05) is 18.5 Å². The first-order chi connectivity index (χ1) is 7.78. The first-order valence-corrected chi connectivity index (χ1v) is 7.08. The van der Waals surface area contributed by atoms with Gasteiger partial charge in [-0.05, 0) is 18.6 Å². The van der Waals surface area contributed by atoms with Crippen molar-refractivity contribution in [3.05, 3.63) is 16.5 Å². The zero-order valence-corrected chi connectivity index (χ0v) is 11.1. The number of thiophene rings is 1. The van der Waals surface area contributed by atoms with Crippen molar-refractivity contribution in [3.8, 4) is 0 Å². The van der Waals surface area contributed by atoms with Crippen molar-refractivity contribution in [1.29, 1.82) is 0 Å². The van der Waals surface area contributed by atoms with Crippen LogP contribution in [0.25, 0.3) is 0 Å². The molecule has 2 N–H and O–H groups in total. The van der Waals surface area contributed by atoms with E-state index in [1.54, 1.807) is 6.92 Å². The van der Waals surface area contributed by atoms with Crippen LogP contribution < -0.4 is 5.73 Å². The zero-order chi connectivity index (χ0) is 13.2. The molecule has 1 aromatic rings. The van der Waals surface area contributed by atoms with Crippen molar-refractivity contribution in [3.63, 3.8) is 0 Å². The molecule has 0 bridgehead atoms. The molecule has 0 aliphatic rings. The van der Waals surface area contributed by atoms with Crippen LogP contribution in [0.5, 0.6) is 0 Å². The number of hydrogen-bond acceptors (Lipinski definition) is 4. The Balaban J connectivity index is 3.04. The molecular formula is C9H14F2N2O2S2. The van der Waals surface area contributed by atoms with Crippen molar-refractivity contribution in [2.75, 3.05) is 13.6 Å². The summed E-state index contributed by atoms with van der Waals surface area (Å²) in [5.74, 6) is 0. The first-order valence-electron chi connectivity index (χ1n) is 4.83. The summed E-state index contributed by atoms with van der Waals surface area (Å²) in [7, 11) is -2.69. The molecule has 0 aliphatic carbocycles. The highest BCUT2D eigenvalue weighted by atomic mass is 32.2. The van der Waals surface area contributed by atoms with Crippen molar-refractivity contribution in [2.45, 2.75) is 24.1 Å². The SMILES string of the molecule is Cc1cc(S(=O)(=O)N(C)CC(F)F)sc1CN. The molecule has 0 spiro atoms. The van der Waals surface area contributed by atoms with Crippen LogP contribution in [-0.4, -0.2) is 32.7 Å². The smallest absolute Gasteiger partial charge is 0.252 e. The Kier molecular flexibility index (Phi) is 4.59. The van der Waals surface area contributed by atoms with Gasteiger partial charge in [-0.2, -0.15) is 4.31 Å². The number of sulfonamides is 1. The molecule has 98 valence electrons. The van der Waals surface area contributed by atoms with E-state index in [0.29, 0.717) is 4.31 Å². The van der Waals surface area contributed by atoms with E-state index >= 15 is 0 Å². The molecule has 0 unspecified atom stereocenters. The van der Waals surface area contributed by atoms with Gasteiger partial charge in [-0.3, -0.25) is 0 Å². The minimum atomic E-state index is -3.83. The molecule has 1 heterocycles. The molecule has 4 nitrogen and oxygen atoms in total. The van der Waals surface area contributed by atoms with Gasteiger partial charge in [0.15, 0.2) is 0 Å². The second-order valence-electron chi connectivity index (χ2n) is 3.55. The third kappa shape index (κ3) is 3.21. The Morgan fingerprint density at radius 1 is 1.53 bits per heavy atom. The van der Waals surface area contributed by atoms with Gasteiger partial charge in [-0.25, -0.2) is 17.2 Å². The summed E-state index contributed by atoms with van der Waals surface area (Å²) < 4.78 is 48.9. The van der Waals surface area contributed by atoms with E-state index in [-0.39, 0.29) is 10.8 Å². The van der Waals surface area contributed by atoms with E-state index in [1.807, 2.05) is 0 Å². The third-order valence-electron chi connectivity index (χ3n) is 2.24. The number of rotatable bonds is 5. The van der Waals surface area contributed by atoms with Crippen LogP contribution in [0.1, 0.15) is 10.4 Å². The van der Waals surface area contributed by atoms with E-state index in [2.05, 4.69) is 0 Å². The molecule has 0 atom stereocenters. The van der Waals surface area contributed by atoms with Gasteiger partial charge in [0.25, 0.3) is 16.4 Å². The van der Waals surface area contributed by atoms with Gasteiger partial charge in [0.2, 0.25) is 0 Å². The summed E-state index contributed by atoms with van der Waals surface area (Å²) in [4.78, 5) is 0.744. The number of aryl methyl sites for hydroxylation is 1. The molecule has 0 radical (unpaired) electrons. The van der Waals surface area contributed by atoms with Crippen molar-refractivity contribution < 1.29 is 17.2 Å².